The van der Waals surface area contributed by atoms with Gasteiger partial charge >= 0.3 is 0 Å². The minimum Gasteiger partial charge on any atom is -0.355 e. The smallest absolute Gasteiger partial charge is 0.243 e. The molecule has 0 spiro atoms. The Kier molecular flexibility index (Phi) is 4.67. The molecule has 148 valence electrons. The zero-order valence-electron chi connectivity index (χ0n) is 15.5. The molecule has 29 heavy (non-hydrogen) atoms. The zero-order chi connectivity index (χ0) is 19.8. The molecule has 2 aromatic heterocycles. The van der Waals surface area contributed by atoms with E-state index >= 15 is 0 Å². The Balaban J connectivity index is 1.54. The minimum absolute atomic E-state index is 0.290. The summed E-state index contributed by atoms with van der Waals surface area (Å²) in [5, 5.41) is 7.34. The highest BCUT2D eigenvalue weighted by Gasteiger charge is 2.26. The number of nitrogens with zero attached hydrogens (tertiary/aromatic N) is 3. The summed E-state index contributed by atoms with van der Waals surface area (Å²) in [5.41, 5.74) is 5.20. The summed E-state index contributed by atoms with van der Waals surface area (Å²) >= 11 is 1.60. The molecule has 0 aliphatic carbocycles. The lowest BCUT2D eigenvalue weighted by Crippen LogP contribution is -2.46. The summed E-state index contributed by atoms with van der Waals surface area (Å²) in [6.07, 6.45) is 1.72. The van der Waals surface area contributed by atoms with Gasteiger partial charge in [0.2, 0.25) is 10.0 Å². The summed E-state index contributed by atoms with van der Waals surface area (Å²) in [4.78, 5) is 9.04. The van der Waals surface area contributed by atoms with Gasteiger partial charge in [-0.1, -0.05) is 0 Å². The number of aromatic nitrogens is 2. The second-order valence-corrected chi connectivity index (χ2v) is 9.68. The Morgan fingerprint density at radius 2 is 1.86 bits per heavy atom. The fraction of sp³-hybridized carbons (Fsp3) is 0.200. The van der Waals surface area contributed by atoms with Gasteiger partial charge in [-0.05, 0) is 42.5 Å². The van der Waals surface area contributed by atoms with Crippen LogP contribution in [0.2, 0.25) is 0 Å². The molecular formula is C20H19N5O2S2. The number of anilines is 2. The fourth-order valence-corrected chi connectivity index (χ4v) is 5.65. The van der Waals surface area contributed by atoms with Gasteiger partial charge in [0, 0.05) is 49.1 Å². The van der Waals surface area contributed by atoms with E-state index in [4.69, 9.17) is 0 Å². The van der Waals surface area contributed by atoms with Crippen LogP contribution in [-0.2, 0) is 10.0 Å². The zero-order valence-corrected chi connectivity index (χ0v) is 17.1. The van der Waals surface area contributed by atoms with Crippen LogP contribution in [0.3, 0.4) is 0 Å². The van der Waals surface area contributed by atoms with Crippen LogP contribution in [-0.4, -0.2) is 48.9 Å². The first-order valence-electron chi connectivity index (χ1n) is 9.31. The number of fused-ring (bicyclic) bond motifs is 2. The minimum atomic E-state index is -3.54. The largest absolute Gasteiger partial charge is 0.355 e. The molecule has 0 atom stereocenters. The first kappa shape index (κ1) is 18.4. The number of hydrogen-bond donors (Lipinski definition) is 2. The topological polar surface area (TPSA) is 87.2 Å². The average molecular weight is 426 g/mol. The monoisotopic (exact) mass is 425 g/mol. The number of thiazole rings is 1. The van der Waals surface area contributed by atoms with E-state index in [0.717, 1.165) is 32.5 Å². The van der Waals surface area contributed by atoms with E-state index in [1.54, 1.807) is 35.7 Å². The molecule has 0 unspecified atom stereocenters. The molecule has 9 heteroatoms. The lowest BCUT2D eigenvalue weighted by molar-refractivity contribution is 0.360. The van der Waals surface area contributed by atoms with Crippen molar-refractivity contribution in [2.24, 2.45) is 0 Å². The summed E-state index contributed by atoms with van der Waals surface area (Å²) < 4.78 is 28.8. The Bertz CT molecular complexity index is 1300. The SMILES string of the molecule is O=S(=O)(c1ccc2nccc(Nc3ccc4scnc4c3)c2c1)N1CCNCC1. The molecule has 2 N–H and O–H groups in total. The van der Waals surface area contributed by atoms with Gasteiger partial charge in [-0.25, -0.2) is 13.4 Å². The molecule has 5 rings (SSSR count). The molecule has 2 aromatic carbocycles. The predicted molar refractivity (Wildman–Crippen MR) is 116 cm³/mol. The van der Waals surface area contributed by atoms with Crippen LogP contribution in [0.5, 0.6) is 0 Å². The lowest BCUT2D eigenvalue weighted by atomic mass is 10.2. The standard InChI is InChI=1S/C20H19N5O2S2/c26-29(27,25-9-7-21-8-10-25)15-2-3-17-16(12-15)18(5-6-22-17)24-14-1-4-20-19(11-14)23-13-28-20/h1-6,11-13,21H,7-10H2,(H,22,24). The summed E-state index contributed by atoms with van der Waals surface area (Å²) in [6.45, 7) is 2.29. The van der Waals surface area contributed by atoms with Crippen LogP contribution in [0.25, 0.3) is 21.1 Å². The number of nitrogens with one attached hydrogen (secondary N) is 2. The van der Waals surface area contributed by atoms with Crippen LogP contribution >= 0.6 is 11.3 Å². The van der Waals surface area contributed by atoms with E-state index in [1.807, 2.05) is 29.8 Å². The molecule has 0 amide bonds. The van der Waals surface area contributed by atoms with Crippen LogP contribution in [0, 0.1) is 0 Å². The first-order chi connectivity index (χ1) is 14.1. The summed E-state index contributed by atoms with van der Waals surface area (Å²) in [7, 11) is -3.54. The lowest BCUT2D eigenvalue weighted by Gasteiger charge is -2.26. The molecule has 1 saturated heterocycles. The van der Waals surface area contributed by atoms with Crippen molar-refractivity contribution in [1.82, 2.24) is 19.6 Å². The van der Waals surface area contributed by atoms with E-state index in [2.05, 4.69) is 20.6 Å². The molecule has 0 saturated carbocycles. The van der Waals surface area contributed by atoms with Crippen molar-refractivity contribution in [3.8, 4) is 0 Å². The van der Waals surface area contributed by atoms with Gasteiger partial charge in [-0.3, -0.25) is 4.98 Å². The Morgan fingerprint density at radius 3 is 2.72 bits per heavy atom. The van der Waals surface area contributed by atoms with E-state index in [1.165, 1.54) is 4.31 Å². The Labute approximate surface area is 172 Å². The number of pyridine rings is 1. The van der Waals surface area contributed by atoms with Crippen molar-refractivity contribution in [3.05, 3.63) is 54.2 Å². The van der Waals surface area contributed by atoms with Gasteiger partial charge in [0.05, 0.1) is 26.1 Å². The second-order valence-electron chi connectivity index (χ2n) is 6.85. The normalized spacial score (nSPS) is 15.7. The van der Waals surface area contributed by atoms with Gasteiger partial charge in [0.1, 0.15) is 0 Å². The molecule has 7 nitrogen and oxygen atoms in total. The molecule has 0 bridgehead atoms. The fourth-order valence-electron chi connectivity index (χ4n) is 3.52. The van der Waals surface area contributed by atoms with Gasteiger partial charge in [0.15, 0.2) is 0 Å². The van der Waals surface area contributed by atoms with Gasteiger partial charge in [0.25, 0.3) is 0 Å². The number of rotatable bonds is 4. The average Bonchev–Trinajstić information content (AvgIpc) is 3.22. The molecule has 0 radical (unpaired) electrons. The highest BCUT2D eigenvalue weighted by atomic mass is 32.2. The van der Waals surface area contributed by atoms with Gasteiger partial charge in [-0.15, -0.1) is 11.3 Å². The maximum absolute atomic E-state index is 13.1. The first-order valence-corrected chi connectivity index (χ1v) is 11.6. The molecule has 1 fully saturated rings. The van der Waals surface area contributed by atoms with E-state index in [9.17, 15) is 8.42 Å². The van der Waals surface area contributed by atoms with Gasteiger partial charge in [-0.2, -0.15) is 4.31 Å². The third-order valence-electron chi connectivity index (χ3n) is 5.04. The highest BCUT2D eigenvalue weighted by molar-refractivity contribution is 7.89. The maximum atomic E-state index is 13.1. The number of hydrogen-bond acceptors (Lipinski definition) is 7. The van der Waals surface area contributed by atoms with Crippen LogP contribution < -0.4 is 10.6 Å². The van der Waals surface area contributed by atoms with Crippen molar-refractivity contribution in [2.75, 3.05) is 31.5 Å². The van der Waals surface area contributed by atoms with Crippen LogP contribution in [0.1, 0.15) is 0 Å². The third kappa shape index (κ3) is 3.46. The summed E-state index contributed by atoms with van der Waals surface area (Å²) in [6, 6.07) is 13.0. The van der Waals surface area contributed by atoms with E-state index in [-0.39, 0.29) is 4.90 Å². The number of sulfonamides is 1. The summed E-state index contributed by atoms with van der Waals surface area (Å²) in [5.74, 6) is 0. The molecular weight excluding hydrogens is 406 g/mol. The van der Waals surface area contributed by atoms with Crippen molar-refractivity contribution < 1.29 is 8.42 Å². The number of benzene rings is 2. The van der Waals surface area contributed by atoms with Crippen LogP contribution in [0.4, 0.5) is 11.4 Å². The van der Waals surface area contributed by atoms with Crippen molar-refractivity contribution in [3.63, 3.8) is 0 Å². The van der Waals surface area contributed by atoms with Crippen molar-refractivity contribution >= 4 is 53.9 Å². The maximum Gasteiger partial charge on any atom is 0.243 e. The number of piperazine rings is 1. The van der Waals surface area contributed by atoms with Crippen molar-refractivity contribution in [1.29, 1.82) is 0 Å². The quantitative estimate of drug-likeness (QED) is 0.522. The second kappa shape index (κ2) is 7.34. The van der Waals surface area contributed by atoms with E-state index < -0.39 is 10.0 Å². The van der Waals surface area contributed by atoms with Crippen molar-refractivity contribution in [2.45, 2.75) is 4.90 Å². The highest BCUT2D eigenvalue weighted by Crippen LogP contribution is 2.30. The van der Waals surface area contributed by atoms with Gasteiger partial charge < -0.3 is 10.6 Å². The van der Waals surface area contributed by atoms with E-state index in [0.29, 0.717) is 26.2 Å². The predicted octanol–water partition coefficient (Wildman–Crippen LogP) is 3.18. The molecule has 4 aromatic rings. The molecule has 1 aliphatic rings. The third-order valence-corrected chi connectivity index (χ3v) is 7.74. The molecule has 1 aliphatic heterocycles. The Hall–Kier alpha value is -2.59. The Morgan fingerprint density at radius 1 is 1.00 bits per heavy atom. The van der Waals surface area contributed by atoms with Crippen LogP contribution in [0.15, 0.2) is 59.1 Å². The molecule has 3 heterocycles.